The molecule has 15 heavy (non-hydrogen) atoms. The van der Waals surface area contributed by atoms with Gasteiger partial charge in [-0.15, -0.1) is 6.58 Å². The van der Waals surface area contributed by atoms with Crippen LogP contribution in [0.15, 0.2) is 42.5 Å². The minimum atomic E-state index is 0.234. The Labute approximate surface area is 92.0 Å². The summed E-state index contributed by atoms with van der Waals surface area (Å²) in [7, 11) is 0. The summed E-state index contributed by atoms with van der Waals surface area (Å²) in [5.74, 6) is 0. The fourth-order valence-electron chi connectivity index (χ4n) is 2.35. The molecule has 0 amide bonds. The van der Waals surface area contributed by atoms with Gasteiger partial charge in [0.2, 0.25) is 0 Å². The maximum atomic E-state index is 6.29. The van der Waals surface area contributed by atoms with Crippen molar-refractivity contribution in [3.63, 3.8) is 0 Å². The molecule has 1 aromatic carbocycles. The van der Waals surface area contributed by atoms with Gasteiger partial charge in [0.05, 0.1) is 0 Å². The molecular formula is C14H19N. The first-order chi connectivity index (χ1) is 7.15. The van der Waals surface area contributed by atoms with E-state index in [0.717, 1.165) is 6.42 Å². The van der Waals surface area contributed by atoms with Gasteiger partial charge in [0.1, 0.15) is 0 Å². The van der Waals surface area contributed by atoms with Crippen molar-refractivity contribution in [1.82, 2.24) is 0 Å². The van der Waals surface area contributed by atoms with Crippen LogP contribution in [0.25, 0.3) is 0 Å². The number of hydrogen-bond donors (Lipinski definition) is 1. The molecule has 0 spiro atoms. The van der Waals surface area contributed by atoms with Gasteiger partial charge < -0.3 is 5.73 Å². The normalized spacial score (nSPS) is 19.6. The van der Waals surface area contributed by atoms with Crippen LogP contribution in [0.3, 0.4) is 0 Å². The zero-order chi connectivity index (χ0) is 10.9. The Kier molecular flexibility index (Phi) is 2.66. The van der Waals surface area contributed by atoms with E-state index < -0.39 is 0 Å². The SMILES string of the molecule is C=C(C)CC(N)C1(c2ccccc2)CC1. The van der Waals surface area contributed by atoms with Crippen LogP contribution in [-0.4, -0.2) is 6.04 Å². The van der Waals surface area contributed by atoms with Gasteiger partial charge in [-0.05, 0) is 31.7 Å². The molecule has 2 rings (SSSR count). The Morgan fingerprint density at radius 3 is 2.47 bits per heavy atom. The smallest absolute Gasteiger partial charge is 0.0174 e. The summed E-state index contributed by atoms with van der Waals surface area (Å²) in [6, 6.07) is 10.9. The second-order valence-electron chi connectivity index (χ2n) is 4.79. The third-order valence-electron chi connectivity index (χ3n) is 3.42. The lowest BCUT2D eigenvalue weighted by molar-refractivity contribution is 0.513. The second kappa shape index (κ2) is 3.82. The van der Waals surface area contributed by atoms with Crippen LogP contribution in [0.5, 0.6) is 0 Å². The molecular weight excluding hydrogens is 182 g/mol. The van der Waals surface area contributed by atoms with Crippen molar-refractivity contribution in [3.8, 4) is 0 Å². The zero-order valence-electron chi connectivity index (χ0n) is 9.37. The van der Waals surface area contributed by atoms with Gasteiger partial charge >= 0.3 is 0 Å². The highest BCUT2D eigenvalue weighted by atomic mass is 14.7. The Bertz CT molecular complexity index is 349. The van der Waals surface area contributed by atoms with E-state index in [2.05, 4.69) is 43.8 Å². The molecule has 1 nitrogen and oxygen atoms in total. The average Bonchev–Trinajstić information content (AvgIpc) is 2.99. The first-order valence-corrected chi connectivity index (χ1v) is 5.61. The standard InChI is InChI=1S/C14H19N/c1-11(2)10-13(15)14(8-9-14)12-6-4-3-5-7-12/h3-7,13H,1,8-10,15H2,2H3. The van der Waals surface area contributed by atoms with Crippen molar-refractivity contribution in [2.24, 2.45) is 5.73 Å². The maximum Gasteiger partial charge on any atom is 0.0174 e. The van der Waals surface area contributed by atoms with Crippen LogP contribution in [0, 0.1) is 0 Å². The van der Waals surface area contributed by atoms with Crippen molar-refractivity contribution in [2.75, 3.05) is 0 Å². The summed E-state index contributed by atoms with van der Waals surface area (Å²) in [5.41, 5.74) is 9.12. The van der Waals surface area contributed by atoms with Crippen LogP contribution < -0.4 is 5.73 Å². The number of hydrogen-bond acceptors (Lipinski definition) is 1. The highest BCUT2D eigenvalue weighted by Gasteiger charge is 2.48. The van der Waals surface area contributed by atoms with E-state index in [0.29, 0.717) is 0 Å². The molecule has 0 aliphatic heterocycles. The van der Waals surface area contributed by atoms with Gasteiger partial charge in [0.15, 0.2) is 0 Å². The number of benzene rings is 1. The van der Waals surface area contributed by atoms with Crippen molar-refractivity contribution >= 4 is 0 Å². The van der Waals surface area contributed by atoms with E-state index in [1.54, 1.807) is 0 Å². The Balaban J connectivity index is 2.17. The van der Waals surface area contributed by atoms with Gasteiger partial charge in [-0.25, -0.2) is 0 Å². The van der Waals surface area contributed by atoms with Crippen molar-refractivity contribution < 1.29 is 0 Å². The van der Waals surface area contributed by atoms with E-state index in [9.17, 15) is 0 Å². The summed E-state index contributed by atoms with van der Waals surface area (Å²) in [5, 5.41) is 0. The predicted octanol–water partition coefficient (Wildman–Crippen LogP) is 3.01. The molecule has 0 radical (unpaired) electrons. The fraction of sp³-hybridized carbons (Fsp3) is 0.429. The molecule has 1 aliphatic carbocycles. The van der Waals surface area contributed by atoms with Gasteiger partial charge in [0.25, 0.3) is 0 Å². The molecule has 0 aromatic heterocycles. The summed E-state index contributed by atoms with van der Waals surface area (Å²) in [6.07, 6.45) is 3.39. The van der Waals surface area contributed by atoms with E-state index in [1.165, 1.54) is 24.0 Å². The molecule has 1 aromatic rings. The van der Waals surface area contributed by atoms with Crippen molar-refractivity contribution in [2.45, 2.75) is 37.6 Å². The largest absolute Gasteiger partial charge is 0.327 e. The predicted molar refractivity (Wildman–Crippen MR) is 64.8 cm³/mol. The van der Waals surface area contributed by atoms with E-state index >= 15 is 0 Å². The van der Waals surface area contributed by atoms with Gasteiger partial charge in [0, 0.05) is 11.5 Å². The fourth-order valence-corrected chi connectivity index (χ4v) is 2.35. The van der Waals surface area contributed by atoms with Crippen molar-refractivity contribution in [3.05, 3.63) is 48.0 Å². The molecule has 1 unspecified atom stereocenters. The second-order valence-corrected chi connectivity index (χ2v) is 4.79. The Hall–Kier alpha value is -1.08. The first-order valence-electron chi connectivity index (χ1n) is 5.61. The lowest BCUT2D eigenvalue weighted by Crippen LogP contribution is -2.34. The molecule has 1 saturated carbocycles. The minimum Gasteiger partial charge on any atom is -0.327 e. The summed E-state index contributed by atoms with van der Waals surface area (Å²) < 4.78 is 0. The molecule has 1 fully saturated rings. The number of nitrogens with two attached hydrogens (primary N) is 1. The molecule has 0 heterocycles. The van der Waals surface area contributed by atoms with Crippen LogP contribution in [-0.2, 0) is 5.41 Å². The van der Waals surface area contributed by atoms with Crippen LogP contribution in [0.2, 0.25) is 0 Å². The highest BCUT2D eigenvalue weighted by Crippen LogP contribution is 2.51. The van der Waals surface area contributed by atoms with Gasteiger partial charge in [-0.1, -0.05) is 35.9 Å². The summed E-state index contributed by atoms with van der Waals surface area (Å²) in [6.45, 7) is 6.01. The van der Waals surface area contributed by atoms with E-state index in [-0.39, 0.29) is 11.5 Å². The molecule has 80 valence electrons. The third-order valence-corrected chi connectivity index (χ3v) is 3.42. The molecule has 1 heteroatoms. The lowest BCUT2D eigenvalue weighted by atomic mass is 9.85. The molecule has 1 aliphatic rings. The lowest BCUT2D eigenvalue weighted by Gasteiger charge is -2.24. The van der Waals surface area contributed by atoms with Crippen molar-refractivity contribution in [1.29, 1.82) is 0 Å². The van der Waals surface area contributed by atoms with Crippen LogP contribution in [0.1, 0.15) is 31.7 Å². The van der Waals surface area contributed by atoms with Crippen LogP contribution in [0.4, 0.5) is 0 Å². The Morgan fingerprint density at radius 2 is 2.00 bits per heavy atom. The molecule has 0 saturated heterocycles. The van der Waals surface area contributed by atoms with E-state index in [1.807, 2.05) is 0 Å². The summed E-state index contributed by atoms with van der Waals surface area (Å²) >= 11 is 0. The first kappa shape index (κ1) is 10.4. The van der Waals surface area contributed by atoms with Gasteiger partial charge in [-0.3, -0.25) is 0 Å². The quantitative estimate of drug-likeness (QED) is 0.744. The maximum absolute atomic E-state index is 6.29. The average molecular weight is 201 g/mol. The third kappa shape index (κ3) is 1.98. The van der Waals surface area contributed by atoms with Crippen LogP contribution >= 0.6 is 0 Å². The highest BCUT2D eigenvalue weighted by molar-refractivity contribution is 5.34. The molecule has 2 N–H and O–H groups in total. The van der Waals surface area contributed by atoms with Gasteiger partial charge in [-0.2, -0.15) is 0 Å². The summed E-state index contributed by atoms with van der Waals surface area (Å²) in [4.78, 5) is 0. The molecule has 1 atom stereocenters. The Morgan fingerprint density at radius 1 is 1.40 bits per heavy atom. The van der Waals surface area contributed by atoms with E-state index in [4.69, 9.17) is 5.73 Å². The monoisotopic (exact) mass is 201 g/mol. The molecule has 0 bridgehead atoms. The zero-order valence-corrected chi connectivity index (χ0v) is 9.37. The minimum absolute atomic E-state index is 0.234. The topological polar surface area (TPSA) is 26.0 Å². The number of rotatable bonds is 4.